The lowest BCUT2D eigenvalue weighted by Crippen LogP contribution is -2.30. The van der Waals surface area contributed by atoms with E-state index in [-0.39, 0.29) is 11.7 Å². The summed E-state index contributed by atoms with van der Waals surface area (Å²) in [6, 6.07) is 5.16. The summed E-state index contributed by atoms with van der Waals surface area (Å²) in [6.07, 6.45) is 6.15. The van der Waals surface area contributed by atoms with Crippen molar-refractivity contribution < 1.29 is 9.90 Å². The maximum atomic E-state index is 12.3. The average molecular weight is 257 g/mol. The summed E-state index contributed by atoms with van der Waals surface area (Å²) >= 11 is 0. The number of nitrogens with zero attached hydrogens (tertiary/aromatic N) is 3. The van der Waals surface area contributed by atoms with E-state index in [0.29, 0.717) is 18.7 Å². The Balaban J connectivity index is 2.16. The largest absolute Gasteiger partial charge is 0.506 e. The van der Waals surface area contributed by atoms with Crippen molar-refractivity contribution in [2.75, 3.05) is 6.54 Å². The van der Waals surface area contributed by atoms with Gasteiger partial charge in [-0.2, -0.15) is 0 Å². The van der Waals surface area contributed by atoms with Crippen LogP contribution in [0.25, 0.3) is 0 Å². The summed E-state index contributed by atoms with van der Waals surface area (Å²) in [5.41, 5.74) is 1.40. The molecule has 0 spiro atoms. The van der Waals surface area contributed by atoms with Gasteiger partial charge in [-0.1, -0.05) is 0 Å². The van der Waals surface area contributed by atoms with Gasteiger partial charge in [-0.15, -0.1) is 0 Å². The first-order valence-corrected chi connectivity index (χ1v) is 6.03. The van der Waals surface area contributed by atoms with Crippen LogP contribution in [0.15, 0.2) is 43.0 Å². The number of amides is 1. The van der Waals surface area contributed by atoms with Crippen molar-refractivity contribution in [1.29, 1.82) is 0 Å². The van der Waals surface area contributed by atoms with Gasteiger partial charge < -0.3 is 10.0 Å². The molecule has 1 N–H and O–H groups in total. The van der Waals surface area contributed by atoms with Crippen molar-refractivity contribution in [2.24, 2.45) is 0 Å². The highest BCUT2D eigenvalue weighted by Crippen LogP contribution is 2.13. The number of carbonyl (C=O) groups is 1. The number of hydrogen-bond donors (Lipinski definition) is 1. The zero-order chi connectivity index (χ0) is 13.7. The molecule has 0 aliphatic carbocycles. The van der Waals surface area contributed by atoms with Gasteiger partial charge >= 0.3 is 0 Å². The summed E-state index contributed by atoms with van der Waals surface area (Å²) in [5, 5.41) is 9.36. The van der Waals surface area contributed by atoms with Crippen LogP contribution in [-0.2, 0) is 6.54 Å². The first kappa shape index (κ1) is 13.0. The highest BCUT2D eigenvalue weighted by Gasteiger charge is 2.15. The quantitative estimate of drug-likeness (QED) is 0.907. The minimum atomic E-state index is -0.150. The fourth-order valence-corrected chi connectivity index (χ4v) is 1.76. The molecule has 2 heterocycles. The van der Waals surface area contributed by atoms with Crippen LogP contribution in [0.1, 0.15) is 22.8 Å². The normalized spacial score (nSPS) is 10.2. The molecular weight excluding hydrogens is 242 g/mol. The minimum absolute atomic E-state index is 0.00851. The highest BCUT2D eigenvalue weighted by molar-refractivity contribution is 5.94. The number of rotatable bonds is 4. The Bertz CT molecular complexity index is 558. The fourth-order valence-electron chi connectivity index (χ4n) is 1.76. The molecule has 0 aliphatic rings. The van der Waals surface area contributed by atoms with Crippen molar-refractivity contribution in [2.45, 2.75) is 13.5 Å². The first-order chi connectivity index (χ1) is 9.20. The lowest BCUT2D eigenvalue weighted by atomic mass is 10.2. The molecule has 2 aromatic heterocycles. The van der Waals surface area contributed by atoms with Crippen LogP contribution in [0.4, 0.5) is 0 Å². The Labute approximate surface area is 111 Å². The molecule has 2 aromatic rings. The smallest absolute Gasteiger partial charge is 0.255 e. The summed E-state index contributed by atoms with van der Waals surface area (Å²) in [6.45, 7) is 3.00. The Morgan fingerprint density at radius 3 is 2.63 bits per heavy atom. The molecule has 0 aliphatic heterocycles. The molecular formula is C14H15N3O2. The summed E-state index contributed by atoms with van der Waals surface area (Å²) < 4.78 is 0. The standard InChI is InChI=1S/C14H15N3O2/c1-2-17(10-11-3-5-15-6-4-11)14(19)12-7-13(18)9-16-8-12/h3-9,18H,2,10H2,1H3. The Morgan fingerprint density at radius 2 is 2.00 bits per heavy atom. The van der Waals surface area contributed by atoms with Crippen LogP contribution < -0.4 is 0 Å². The van der Waals surface area contributed by atoms with Crippen molar-refractivity contribution in [3.8, 4) is 5.75 Å². The Hall–Kier alpha value is -2.43. The van der Waals surface area contributed by atoms with Gasteiger partial charge in [0.05, 0.1) is 11.8 Å². The molecule has 0 bridgehead atoms. The maximum absolute atomic E-state index is 12.3. The molecule has 0 radical (unpaired) electrons. The topological polar surface area (TPSA) is 66.3 Å². The average Bonchev–Trinajstić information content (AvgIpc) is 2.45. The third-order valence-electron chi connectivity index (χ3n) is 2.76. The number of pyridine rings is 2. The zero-order valence-corrected chi connectivity index (χ0v) is 10.7. The van der Waals surface area contributed by atoms with E-state index >= 15 is 0 Å². The fraction of sp³-hybridized carbons (Fsp3) is 0.214. The molecule has 5 nitrogen and oxygen atoms in total. The number of aromatic hydroxyl groups is 1. The second-order valence-electron chi connectivity index (χ2n) is 4.11. The van der Waals surface area contributed by atoms with E-state index in [1.807, 2.05) is 19.1 Å². The molecule has 19 heavy (non-hydrogen) atoms. The third kappa shape index (κ3) is 3.28. The summed E-state index contributed by atoms with van der Waals surface area (Å²) in [7, 11) is 0. The predicted molar refractivity (Wildman–Crippen MR) is 70.6 cm³/mol. The van der Waals surface area contributed by atoms with Gasteiger partial charge in [0.1, 0.15) is 5.75 Å². The predicted octanol–water partition coefficient (Wildman–Crippen LogP) is 1.84. The highest BCUT2D eigenvalue weighted by atomic mass is 16.3. The molecule has 0 saturated carbocycles. The van der Waals surface area contributed by atoms with E-state index in [1.54, 1.807) is 17.3 Å². The van der Waals surface area contributed by atoms with E-state index in [2.05, 4.69) is 9.97 Å². The SMILES string of the molecule is CCN(Cc1ccncc1)C(=O)c1cncc(O)c1. The van der Waals surface area contributed by atoms with Gasteiger partial charge in [0.15, 0.2) is 0 Å². The molecule has 2 rings (SSSR count). The molecule has 0 unspecified atom stereocenters. The molecule has 0 aromatic carbocycles. The van der Waals surface area contributed by atoms with Crippen molar-refractivity contribution in [3.63, 3.8) is 0 Å². The first-order valence-electron chi connectivity index (χ1n) is 6.03. The number of aromatic nitrogens is 2. The van der Waals surface area contributed by atoms with Gasteiger partial charge in [0.25, 0.3) is 5.91 Å². The molecule has 0 saturated heterocycles. The van der Waals surface area contributed by atoms with Gasteiger partial charge in [-0.3, -0.25) is 14.8 Å². The second kappa shape index (κ2) is 5.95. The lowest BCUT2D eigenvalue weighted by Gasteiger charge is -2.20. The van der Waals surface area contributed by atoms with Crippen LogP contribution in [0.2, 0.25) is 0 Å². The Morgan fingerprint density at radius 1 is 1.26 bits per heavy atom. The van der Waals surface area contributed by atoms with Crippen LogP contribution >= 0.6 is 0 Å². The molecule has 0 atom stereocenters. The van der Waals surface area contributed by atoms with Crippen molar-refractivity contribution in [1.82, 2.24) is 14.9 Å². The molecule has 98 valence electrons. The van der Waals surface area contributed by atoms with E-state index in [4.69, 9.17) is 0 Å². The van der Waals surface area contributed by atoms with Crippen LogP contribution in [-0.4, -0.2) is 32.4 Å². The van der Waals surface area contributed by atoms with Gasteiger partial charge in [-0.05, 0) is 30.7 Å². The maximum Gasteiger partial charge on any atom is 0.255 e. The van der Waals surface area contributed by atoms with Crippen molar-refractivity contribution in [3.05, 3.63) is 54.1 Å². The van der Waals surface area contributed by atoms with Crippen LogP contribution in [0.5, 0.6) is 5.75 Å². The Kier molecular flexibility index (Phi) is 4.07. The van der Waals surface area contributed by atoms with E-state index in [1.165, 1.54) is 18.5 Å². The van der Waals surface area contributed by atoms with Gasteiger partial charge in [-0.25, -0.2) is 0 Å². The monoisotopic (exact) mass is 257 g/mol. The van der Waals surface area contributed by atoms with E-state index < -0.39 is 0 Å². The number of carbonyl (C=O) groups excluding carboxylic acids is 1. The number of hydrogen-bond acceptors (Lipinski definition) is 4. The van der Waals surface area contributed by atoms with Crippen LogP contribution in [0.3, 0.4) is 0 Å². The molecule has 0 fully saturated rings. The molecule has 5 heteroatoms. The zero-order valence-electron chi connectivity index (χ0n) is 10.7. The van der Waals surface area contributed by atoms with Crippen molar-refractivity contribution >= 4 is 5.91 Å². The van der Waals surface area contributed by atoms with Gasteiger partial charge in [0.2, 0.25) is 0 Å². The van der Waals surface area contributed by atoms with E-state index in [9.17, 15) is 9.90 Å². The minimum Gasteiger partial charge on any atom is -0.506 e. The summed E-state index contributed by atoms with van der Waals surface area (Å²) in [4.78, 5) is 21.7. The molecule has 1 amide bonds. The lowest BCUT2D eigenvalue weighted by molar-refractivity contribution is 0.0751. The second-order valence-corrected chi connectivity index (χ2v) is 4.11. The van der Waals surface area contributed by atoms with Crippen LogP contribution in [0, 0.1) is 0 Å². The summed E-state index contributed by atoms with van der Waals surface area (Å²) in [5.74, 6) is -0.159. The third-order valence-corrected chi connectivity index (χ3v) is 2.76. The van der Waals surface area contributed by atoms with E-state index in [0.717, 1.165) is 5.56 Å². The van der Waals surface area contributed by atoms with Gasteiger partial charge in [0, 0.05) is 31.7 Å².